The molecule has 0 bridgehead atoms. The van der Waals surface area contributed by atoms with Gasteiger partial charge in [-0.1, -0.05) is 11.6 Å². The van der Waals surface area contributed by atoms with Gasteiger partial charge in [-0.2, -0.15) is 0 Å². The first-order valence-corrected chi connectivity index (χ1v) is 8.81. The minimum atomic E-state index is -0.0339. The maximum Gasteiger partial charge on any atom is 0.289 e. The maximum atomic E-state index is 12.6. The molecule has 6 heteroatoms. The molecular weight excluding hydrogens is 340 g/mol. The van der Waals surface area contributed by atoms with Gasteiger partial charge in [0.25, 0.3) is 5.91 Å². The number of benzene rings is 1. The molecular formula is C19H19ClN2O3. The molecule has 0 unspecified atom stereocenters. The average molecular weight is 359 g/mol. The summed E-state index contributed by atoms with van der Waals surface area (Å²) >= 11 is 6.01. The van der Waals surface area contributed by atoms with E-state index in [9.17, 15) is 4.79 Å². The van der Waals surface area contributed by atoms with Gasteiger partial charge in [-0.05, 0) is 51.0 Å². The fourth-order valence-corrected chi connectivity index (χ4v) is 3.59. The highest BCUT2D eigenvalue weighted by Gasteiger charge is 2.29. The number of piperidine rings is 1. The van der Waals surface area contributed by atoms with Gasteiger partial charge in [-0.3, -0.25) is 4.79 Å². The molecule has 2 aromatic heterocycles. The molecule has 4 rings (SSSR count). The normalized spacial score (nSPS) is 15.9. The Kier molecular flexibility index (Phi) is 4.04. The zero-order chi connectivity index (χ0) is 17.6. The number of aryl methyl sites for hydroxylation is 2. The van der Waals surface area contributed by atoms with Crippen molar-refractivity contribution in [2.75, 3.05) is 13.1 Å². The standard InChI is InChI=1S/C19H19ClN2O3/c1-11-9-12(2)24-17(11)19(23)22-7-5-13(6-8-22)18-21-15-10-14(20)3-4-16(15)25-18/h3-4,9-10,13H,5-8H2,1-2H3. The van der Waals surface area contributed by atoms with Crippen LogP contribution in [0.4, 0.5) is 0 Å². The number of hydrogen-bond donors (Lipinski definition) is 0. The third-order valence-corrected chi connectivity index (χ3v) is 4.97. The highest BCUT2D eigenvalue weighted by molar-refractivity contribution is 6.31. The molecule has 1 aliphatic heterocycles. The van der Waals surface area contributed by atoms with Gasteiger partial charge >= 0.3 is 0 Å². The second kappa shape index (κ2) is 6.23. The first-order valence-electron chi connectivity index (χ1n) is 8.43. The number of furan rings is 1. The Labute approximate surface area is 150 Å². The molecule has 1 saturated heterocycles. The maximum absolute atomic E-state index is 12.6. The molecule has 0 N–H and O–H groups in total. The summed E-state index contributed by atoms with van der Waals surface area (Å²) in [5.74, 6) is 2.13. The Hall–Kier alpha value is -2.27. The number of oxazole rings is 1. The summed E-state index contributed by atoms with van der Waals surface area (Å²) in [6, 6.07) is 7.34. The molecule has 1 aromatic carbocycles. The van der Waals surface area contributed by atoms with Crippen LogP contribution >= 0.6 is 11.6 Å². The first-order chi connectivity index (χ1) is 12.0. The van der Waals surface area contributed by atoms with E-state index in [0.29, 0.717) is 23.9 Å². The zero-order valence-electron chi connectivity index (χ0n) is 14.2. The van der Waals surface area contributed by atoms with Crippen molar-refractivity contribution in [2.45, 2.75) is 32.6 Å². The molecule has 25 heavy (non-hydrogen) atoms. The Balaban J connectivity index is 1.47. The van der Waals surface area contributed by atoms with Crippen LogP contribution in [0.1, 0.15) is 46.5 Å². The van der Waals surface area contributed by atoms with Crippen LogP contribution < -0.4 is 0 Å². The monoisotopic (exact) mass is 358 g/mol. The number of hydrogen-bond acceptors (Lipinski definition) is 4. The number of nitrogens with zero attached hydrogens (tertiary/aromatic N) is 2. The predicted molar refractivity (Wildman–Crippen MR) is 95.1 cm³/mol. The fraction of sp³-hybridized carbons (Fsp3) is 0.368. The van der Waals surface area contributed by atoms with Gasteiger partial charge < -0.3 is 13.7 Å². The van der Waals surface area contributed by atoms with Crippen molar-refractivity contribution in [1.29, 1.82) is 0 Å². The Morgan fingerprint density at radius 1 is 1.20 bits per heavy atom. The molecule has 0 spiro atoms. The van der Waals surface area contributed by atoms with E-state index in [2.05, 4.69) is 4.98 Å². The SMILES string of the molecule is Cc1cc(C)c(C(=O)N2CCC(c3nc4cc(Cl)ccc4o3)CC2)o1. The number of carbonyl (C=O) groups excluding carboxylic acids is 1. The summed E-state index contributed by atoms with van der Waals surface area (Å²) in [5, 5.41) is 0.650. The van der Waals surface area contributed by atoms with Crippen LogP contribution in [0, 0.1) is 13.8 Å². The molecule has 1 amide bonds. The lowest BCUT2D eigenvalue weighted by Gasteiger charge is -2.30. The van der Waals surface area contributed by atoms with Gasteiger partial charge in [0.2, 0.25) is 0 Å². The second-order valence-corrected chi connectivity index (χ2v) is 7.04. The van der Waals surface area contributed by atoms with Gasteiger partial charge in [0.1, 0.15) is 11.3 Å². The Bertz CT molecular complexity index is 935. The van der Waals surface area contributed by atoms with Crippen LogP contribution in [-0.2, 0) is 0 Å². The van der Waals surface area contributed by atoms with Crippen molar-refractivity contribution < 1.29 is 13.6 Å². The van der Waals surface area contributed by atoms with E-state index in [4.69, 9.17) is 20.4 Å². The summed E-state index contributed by atoms with van der Waals surface area (Å²) in [7, 11) is 0. The number of halogens is 1. The van der Waals surface area contributed by atoms with Crippen molar-refractivity contribution in [1.82, 2.24) is 9.88 Å². The van der Waals surface area contributed by atoms with Gasteiger partial charge in [-0.15, -0.1) is 0 Å². The number of amides is 1. The minimum absolute atomic E-state index is 0.0339. The molecule has 3 aromatic rings. The summed E-state index contributed by atoms with van der Waals surface area (Å²) in [6.07, 6.45) is 1.65. The molecule has 0 atom stereocenters. The molecule has 0 radical (unpaired) electrons. The first kappa shape index (κ1) is 16.2. The van der Waals surface area contributed by atoms with Gasteiger partial charge in [0.15, 0.2) is 17.2 Å². The Morgan fingerprint density at radius 2 is 1.96 bits per heavy atom. The third-order valence-electron chi connectivity index (χ3n) is 4.73. The largest absolute Gasteiger partial charge is 0.456 e. The summed E-state index contributed by atoms with van der Waals surface area (Å²) < 4.78 is 11.4. The Morgan fingerprint density at radius 3 is 2.64 bits per heavy atom. The van der Waals surface area contributed by atoms with E-state index < -0.39 is 0 Å². The van der Waals surface area contributed by atoms with Gasteiger partial charge in [-0.25, -0.2) is 4.98 Å². The van der Waals surface area contributed by atoms with E-state index in [1.54, 1.807) is 6.07 Å². The van der Waals surface area contributed by atoms with Crippen molar-refractivity contribution in [3.05, 3.63) is 52.3 Å². The minimum Gasteiger partial charge on any atom is -0.456 e. The fourth-order valence-electron chi connectivity index (χ4n) is 3.42. The van der Waals surface area contributed by atoms with Crippen molar-refractivity contribution in [3.8, 4) is 0 Å². The molecule has 0 saturated carbocycles. The lowest BCUT2D eigenvalue weighted by molar-refractivity contribution is 0.0672. The average Bonchev–Trinajstić information content (AvgIpc) is 3.16. The number of fused-ring (bicyclic) bond motifs is 1. The number of carbonyl (C=O) groups is 1. The quantitative estimate of drug-likeness (QED) is 0.665. The highest BCUT2D eigenvalue weighted by Crippen LogP contribution is 2.31. The lowest BCUT2D eigenvalue weighted by atomic mass is 9.96. The molecule has 130 valence electrons. The topological polar surface area (TPSA) is 59.5 Å². The van der Waals surface area contributed by atoms with Gasteiger partial charge in [0.05, 0.1) is 0 Å². The van der Waals surface area contributed by atoms with Crippen molar-refractivity contribution in [2.24, 2.45) is 0 Å². The smallest absolute Gasteiger partial charge is 0.289 e. The second-order valence-electron chi connectivity index (χ2n) is 6.60. The predicted octanol–water partition coefficient (Wildman–Crippen LogP) is 4.71. The molecule has 5 nitrogen and oxygen atoms in total. The van der Waals surface area contributed by atoms with Crippen LogP contribution in [-0.4, -0.2) is 28.9 Å². The summed E-state index contributed by atoms with van der Waals surface area (Å²) in [6.45, 7) is 5.10. The highest BCUT2D eigenvalue weighted by atomic mass is 35.5. The number of rotatable bonds is 2. The van der Waals surface area contributed by atoms with Crippen LogP contribution in [0.3, 0.4) is 0 Å². The zero-order valence-corrected chi connectivity index (χ0v) is 15.0. The van der Waals surface area contributed by atoms with Crippen LogP contribution in [0.5, 0.6) is 0 Å². The number of aromatic nitrogens is 1. The molecule has 3 heterocycles. The molecule has 1 aliphatic rings. The van der Waals surface area contributed by atoms with E-state index in [1.165, 1.54) is 0 Å². The van der Waals surface area contributed by atoms with Crippen molar-refractivity contribution in [3.63, 3.8) is 0 Å². The number of likely N-dealkylation sites (tertiary alicyclic amines) is 1. The lowest BCUT2D eigenvalue weighted by Crippen LogP contribution is -2.38. The molecule has 0 aliphatic carbocycles. The molecule has 1 fully saturated rings. The van der Waals surface area contributed by atoms with Gasteiger partial charge in [0, 0.05) is 29.6 Å². The summed E-state index contributed by atoms with van der Waals surface area (Å²) in [5.41, 5.74) is 2.42. The van der Waals surface area contributed by atoms with Crippen molar-refractivity contribution >= 4 is 28.6 Å². The third kappa shape index (κ3) is 3.04. The van der Waals surface area contributed by atoms with Crippen LogP contribution in [0.25, 0.3) is 11.1 Å². The van der Waals surface area contributed by atoms with Crippen LogP contribution in [0.2, 0.25) is 5.02 Å². The van der Waals surface area contributed by atoms with E-state index in [0.717, 1.165) is 41.2 Å². The van der Waals surface area contributed by atoms with Crippen LogP contribution in [0.15, 0.2) is 33.1 Å². The summed E-state index contributed by atoms with van der Waals surface area (Å²) in [4.78, 5) is 19.1. The van der Waals surface area contributed by atoms with E-state index in [1.807, 2.05) is 36.9 Å². The van der Waals surface area contributed by atoms with E-state index >= 15 is 0 Å². The van der Waals surface area contributed by atoms with E-state index in [-0.39, 0.29) is 11.8 Å².